The molecule has 0 saturated carbocycles. The summed E-state index contributed by atoms with van der Waals surface area (Å²) in [5.74, 6) is 0.583. The fourth-order valence-electron chi connectivity index (χ4n) is 1.81. The molecule has 0 radical (unpaired) electrons. The first-order chi connectivity index (χ1) is 9.15. The maximum Gasteiger partial charge on any atom is 0.255 e. The molecule has 0 aliphatic rings. The number of hydrogen-bond acceptors (Lipinski definition) is 4. The molecule has 0 unspecified atom stereocenters. The average molecular weight is 257 g/mol. The standard InChI is InChI=1S/C14H15N3O2/c1-17(2)14(18)12-9-16-15-8-11(12)10-6-4-5-7-13(10)19-3/h4-9H,1-3H3. The molecule has 1 aromatic heterocycles. The molecule has 0 bridgehead atoms. The Hall–Kier alpha value is -2.43. The number of carbonyl (C=O) groups is 1. The summed E-state index contributed by atoms with van der Waals surface area (Å²) >= 11 is 0. The Bertz CT molecular complexity index is 597. The molecule has 0 N–H and O–H groups in total. The van der Waals surface area contributed by atoms with Crippen LogP contribution in [0.5, 0.6) is 5.75 Å². The van der Waals surface area contributed by atoms with Gasteiger partial charge in [0.25, 0.3) is 5.91 Å². The molecule has 19 heavy (non-hydrogen) atoms. The van der Waals surface area contributed by atoms with Gasteiger partial charge >= 0.3 is 0 Å². The summed E-state index contributed by atoms with van der Waals surface area (Å²) in [5.41, 5.74) is 2.04. The molecule has 1 amide bonds. The van der Waals surface area contributed by atoms with Gasteiger partial charge in [0, 0.05) is 25.2 Å². The first-order valence-corrected chi connectivity index (χ1v) is 5.81. The van der Waals surface area contributed by atoms with Gasteiger partial charge in [0.1, 0.15) is 5.75 Å². The Labute approximate surface area is 111 Å². The number of methoxy groups -OCH3 is 1. The number of ether oxygens (including phenoxy) is 1. The summed E-state index contributed by atoms with van der Waals surface area (Å²) < 4.78 is 5.32. The summed E-state index contributed by atoms with van der Waals surface area (Å²) in [7, 11) is 5.00. The number of aromatic nitrogens is 2. The highest BCUT2D eigenvalue weighted by Crippen LogP contribution is 2.31. The van der Waals surface area contributed by atoms with Crippen molar-refractivity contribution in [1.82, 2.24) is 15.1 Å². The quantitative estimate of drug-likeness (QED) is 0.842. The lowest BCUT2D eigenvalue weighted by molar-refractivity contribution is 0.0827. The number of nitrogens with zero attached hydrogens (tertiary/aromatic N) is 3. The van der Waals surface area contributed by atoms with E-state index in [1.54, 1.807) is 27.4 Å². The highest BCUT2D eigenvalue weighted by atomic mass is 16.5. The zero-order valence-corrected chi connectivity index (χ0v) is 11.1. The third-order valence-corrected chi connectivity index (χ3v) is 2.76. The van der Waals surface area contributed by atoms with Gasteiger partial charge in [0.2, 0.25) is 0 Å². The highest BCUT2D eigenvalue weighted by Gasteiger charge is 2.17. The lowest BCUT2D eigenvalue weighted by Crippen LogP contribution is -2.22. The number of carbonyl (C=O) groups excluding carboxylic acids is 1. The van der Waals surface area contributed by atoms with E-state index in [1.807, 2.05) is 24.3 Å². The van der Waals surface area contributed by atoms with E-state index in [-0.39, 0.29) is 5.91 Å². The van der Waals surface area contributed by atoms with E-state index in [2.05, 4.69) is 10.2 Å². The minimum atomic E-state index is -0.115. The Balaban J connectivity index is 2.60. The number of rotatable bonds is 3. The maximum absolute atomic E-state index is 12.2. The summed E-state index contributed by atoms with van der Waals surface area (Å²) in [6.07, 6.45) is 3.05. The molecular formula is C14H15N3O2. The van der Waals surface area contributed by atoms with Crippen LogP contribution in [0.1, 0.15) is 10.4 Å². The molecule has 0 spiro atoms. The maximum atomic E-state index is 12.2. The van der Waals surface area contributed by atoms with Gasteiger partial charge in [-0.25, -0.2) is 0 Å². The largest absolute Gasteiger partial charge is 0.496 e. The number of para-hydroxylation sites is 1. The zero-order chi connectivity index (χ0) is 13.8. The topological polar surface area (TPSA) is 55.3 Å². The van der Waals surface area contributed by atoms with E-state index < -0.39 is 0 Å². The van der Waals surface area contributed by atoms with Crippen LogP contribution in [0.4, 0.5) is 0 Å². The van der Waals surface area contributed by atoms with Gasteiger partial charge < -0.3 is 9.64 Å². The third-order valence-electron chi connectivity index (χ3n) is 2.76. The van der Waals surface area contributed by atoms with Crippen molar-refractivity contribution >= 4 is 5.91 Å². The van der Waals surface area contributed by atoms with Gasteiger partial charge in [-0.2, -0.15) is 10.2 Å². The fraction of sp³-hybridized carbons (Fsp3) is 0.214. The van der Waals surface area contributed by atoms with Gasteiger partial charge in [0.15, 0.2) is 0 Å². The monoisotopic (exact) mass is 257 g/mol. The van der Waals surface area contributed by atoms with Crippen LogP contribution in [0.2, 0.25) is 0 Å². The second-order valence-electron chi connectivity index (χ2n) is 4.22. The first-order valence-electron chi connectivity index (χ1n) is 5.81. The third kappa shape index (κ3) is 2.54. The van der Waals surface area contributed by atoms with Crippen LogP contribution in [-0.4, -0.2) is 42.2 Å². The van der Waals surface area contributed by atoms with Crippen molar-refractivity contribution in [1.29, 1.82) is 0 Å². The van der Waals surface area contributed by atoms with Crippen LogP contribution in [0.15, 0.2) is 36.7 Å². The minimum Gasteiger partial charge on any atom is -0.496 e. The molecule has 0 atom stereocenters. The molecule has 5 heteroatoms. The Kier molecular flexibility index (Phi) is 3.75. The molecule has 1 aromatic carbocycles. The van der Waals surface area contributed by atoms with Crippen LogP contribution >= 0.6 is 0 Å². The van der Waals surface area contributed by atoms with Gasteiger partial charge in [-0.05, 0) is 6.07 Å². The number of amides is 1. The molecular weight excluding hydrogens is 242 g/mol. The van der Waals surface area contributed by atoms with E-state index >= 15 is 0 Å². The predicted octanol–water partition coefficient (Wildman–Crippen LogP) is 1.85. The van der Waals surface area contributed by atoms with Crippen molar-refractivity contribution in [3.8, 4) is 16.9 Å². The first kappa shape index (κ1) is 13.0. The average Bonchev–Trinajstić information content (AvgIpc) is 2.46. The Morgan fingerprint density at radius 3 is 2.47 bits per heavy atom. The molecule has 2 aromatic rings. The van der Waals surface area contributed by atoms with Gasteiger partial charge in [-0.3, -0.25) is 4.79 Å². The van der Waals surface area contributed by atoms with E-state index in [0.29, 0.717) is 16.9 Å². The number of hydrogen-bond donors (Lipinski definition) is 0. The molecule has 0 fully saturated rings. The van der Waals surface area contributed by atoms with Gasteiger partial charge in [-0.15, -0.1) is 0 Å². The van der Waals surface area contributed by atoms with Crippen molar-refractivity contribution in [2.24, 2.45) is 0 Å². The summed E-state index contributed by atoms with van der Waals surface area (Å²) in [6, 6.07) is 7.51. The molecule has 98 valence electrons. The zero-order valence-electron chi connectivity index (χ0n) is 11.1. The second-order valence-corrected chi connectivity index (χ2v) is 4.22. The van der Waals surface area contributed by atoms with Gasteiger partial charge in [-0.1, -0.05) is 18.2 Å². The number of benzene rings is 1. The highest BCUT2D eigenvalue weighted by molar-refractivity contribution is 6.00. The molecule has 0 aliphatic heterocycles. The summed E-state index contributed by atoms with van der Waals surface area (Å²) in [6.45, 7) is 0. The predicted molar refractivity (Wildman–Crippen MR) is 72.0 cm³/mol. The lowest BCUT2D eigenvalue weighted by atomic mass is 10.0. The van der Waals surface area contributed by atoms with E-state index in [9.17, 15) is 4.79 Å². The summed E-state index contributed by atoms with van der Waals surface area (Å²) in [4.78, 5) is 13.7. The molecule has 0 saturated heterocycles. The van der Waals surface area contributed by atoms with Crippen molar-refractivity contribution in [3.05, 3.63) is 42.2 Å². The van der Waals surface area contributed by atoms with Crippen LogP contribution < -0.4 is 4.74 Å². The van der Waals surface area contributed by atoms with Crippen molar-refractivity contribution in [2.45, 2.75) is 0 Å². The van der Waals surface area contributed by atoms with Crippen LogP contribution in [-0.2, 0) is 0 Å². The van der Waals surface area contributed by atoms with Crippen molar-refractivity contribution < 1.29 is 9.53 Å². The fourth-order valence-corrected chi connectivity index (χ4v) is 1.81. The normalized spacial score (nSPS) is 10.1. The van der Waals surface area contributed by atoms with E-state index in [1.165, 1.54) is 11.1 Å². The van der Waals surface area contributed by atoms with Crippen molar-refractivity contribution in [3.63, 3.8) is 0 Å². The van der Waals surface area contributed by atoms with E-state index in [0.717, 1.165) is 5.56 Å². The molecule has 2 rings (SSSR count). The minimum absolute atomic E-state index is 0.115. The lowest BCUT2D eigenvalue weighted by Gasteiger charge is -2.14. The Morgan fingerprint density at radius 2 is 1.79 bits per heavy atom. The molecule has 1 heterocycles. The second kappa shape index (κ2) is 5.48. The Morgan fingerprint density at radius 1 is 1.11 bits per heavy atom. The van der Waals surface area contributed by atoms with Crippen LogP contribution in [0, 0.1) is 0 Å². The molecule has 5 nitrogen and oxygen atoms in total. The van der Waals surface area contributed by atoms with Gasteiger partial charge in [0.05, 0.1) is 25.1 Å². The summed E-state index contributed by atoms with van der Waals surface area (Å²) in [5, 5.41) is 7.65. The SMILES string of the molecule is COc1ccccc1-c1cnncc1C(=O)N(C)C. The smallest absolute Gasteiger partial charge is 0.255 e. The van der Waals surface area contributed by atoms with Crippen LogP contribution in [0.25, 0.3) is 11.1 Å². The molecule has 0 aliphatic carbocycles. The van der Waals surface area contributed by atoms with Crippen molar-refractivity contribution in [2.75, 3.05) is 21.2 Å². The van der Waals surface area contributed by atoms with E-state index in [4.69, 9.17) is 4.74 Å². The van der Waals surface area contributed by atoms with Crippen LogP contribution in [0.3, 0.4) is 0 Å².